The first-order valence-electron chi connectivity index (χ1n) is 8.36. The molecule has 0 unspecified atom stereocenters. The fraction of sp³-hybridized carbons (Fsp3) is 0.263. The largest absolute Gasteiger partial charge is 0.452 e. The molecule has 0 saturated carbocycles. The van der Waals surface area contributed by atoms with E-state index in [-0.39, 0.29) is 17.3 Å². The highest BCUT2D eigenvalue weighted by Gasteiger charge is 2.20. The topological polar surface area (TPSA) is 102 Å². The Bertz CT molecular complexity index is 884. The number of hydrogen-bond acceptors (Lipinski definition) is 6. The van der Waals surface area contributed by atoms with Gasteiger partial charge >= 0.3 is 5.97 Å². The zero-order chi connectivity index (χ0) is 20.8. The Kier molecular flexibility index (Phi) is 6.94. The van der Waals surface area contributed by atoms with Gasteiger partial charge in [0.1, 0.15) is 0 Å². The zero-order valence-electron chi connectivity index (χ0n) is 15.6. The van der Waals surface area contributed by atoms with Crippen LogP contribution in [0.3, 0.4) is 0 Å². The molecule has 0 fully saturated rings. The van der Waals surface area contributed by atoms with Gasteiger partial charge in [0.15, 0.2) is 6.61 Å². The number of nitro benzene ring substituents is 1. The summed E-state index contributed by atoms with van der Waals surface area (Å²) in [5, 5.41) is 14.3. The van der Waals surface area contributed by atoms with Gasteiger partial charge in [-0.1, -0.05) is 23.7 Å². The van der Waals surface area contributed by atoms with E-state index in [2.05, 4.69) is 5.32 Å². The van der Waals surface area contributed by atoms with Crippen LogP contribution in [-0.2, 0) is 9.53 Å². The Morgan fingerprint density at radius 2 is 1.86 bits per heavy atom. The van der Waals surface area contributed by atoms with E-state index in [4.69, 9.17) is 16.3 Å². The van der Waals surface area contributed by atoms with Crippen LogP contribution in [0.5, 0.6) is 0 Å². The molecule has 0 aliphatic carbocycles. The first-order chi connectivity index (χ1) is 13.2. The number of non-ortho nitro benzene ring substituents is 1. The zero-order valence-corrected chi connectivity index (χ0v) is 16.4. The summed E-state index contributed by atoms with van der Waals surface area (Å²) in [5.41, 5.74) is 1.07. The molecule has 2 aromatic carbocycles. The number of carbonyl (C=O) groups is 2. The average Bonchev–Trinajstić information content (AvgIpc) is 2.65. The Labute approximate surface area is 167 Å². The smallest absolute Gasteiger partial charge is 0.341 e. The molecule has 0 aliphatic heterocycles. The van der Waals surface area contributed by atoms with Crippen molar-refractivity contribution >= 4 is 34.9 Å². The summed E-state index contributed by atoms with van der Waals surface area (Å²) in [5.74, 6) is -1.31. The van der Waals surface area contributed by atoms with Gasteiger partial charge in [0, 0.05) is 31.3 Å². The second kappa shape index (κ2) is 9.18. The normalized spacial score (nSPS) is 11.4. The van der Waals surface area contributed by atoms with Gasteiger partial charge in [-0.05, 0) is 30.7 Å². The van der Waals surface area contributed by atoms with Crippen molar-refractivity contribution in [3.63, 3.8) is 0 Å². The van der Waals surface area contributed by atoms with Crippen molar-refractivity contribution < 1.29 is 19.2 Å². The summed E-state index contributed by atoms with van der Waals surface area (Å²) >= 11 is 5.84. The Hall–Kier alpha value is -3.13. The van der Waals surface area contributed by atoms with Crippen LogP contribution in [0.2, 0.25) is 5.02 Å². The fourth-order valence-corrected chi connectivity index (χ4v) is 2.64. The van der Waals surface area contributed by atoms with E-state index in [1.807, 2.05) is 0 Å². The highest BCUT2D eigenvalue weighted by molar-refractivity contribution is 6.30. The summed E-state index contributed by atoms with van der Waals surface area (Å²) < 4.78 is 5.05. The molecule has 28 heavy (non-hydrogen) atoms. The number of benzene rings is 2. The molecule has 0 spiro atoms. The second-order valence-corrected chi connectivity index (χ2v) is 6.71. The van der Waals surface area contributed by atoms with Crippen LogP contribution < -0.4 is 10.2 Å². The molecule has 0 saturated heterocycles. The standard InChI is InChI=1S/C19H20ClN3O5/c1-12(13-4-6-14(20)7-5-13)21-18(24)11-28-19(25)16-10-15(23(26)27)8-9-17(16)22(2)3/h4-10,12H,11H2,1-3H3,(H,21,24)/t12-/m1/s1. The summed E-state index contributed by atoms with van der Waals surface area (Å²) in [6.45, 7) is 1.28. The third kappa shape index (κ3) is 5.43. The van der Waals surface area contributed by atoms with Crippen molar-refractivity contribution in [3.8, 4) is 0 Å². The maximum absolute atomic E-state index is 12.4. The highest BCUT2D eigenvalue weighted by Crippen LogP contribution is 2.25. The number of nitrogens with one attached hydrogen (secondary N) is 1. The number of carbonyl (C=O) groups excluding carboxylic acids is 2. The maximum Gasteiger partial charge on any atom is 0.341 e. The molecule has 0 aliphatic rings. The lowest BCUT2D eigenvalue weighted by molar-refractivity contribution is -0.384. The van der Waals surface area contributed by atoms with Crippen LogP contribution in [0.4, 0.5) is 11.4 Å². The molecule has 1 N–H and O–H groups in total. The van der Waals surface area contributed by atoms with Gasteiger partial charge in [0.25, 0.3) is 11.6 Å². The highest BCUT2D eigenvalue weighted by atomic mass is 35.5. The van der Waals surface area contributed by atoms with Crippen LogP contribution in [0.25, 0.3) is 0 Å². The van der Waals surface area contributed by atoms with E-state index < -0.39 is 23.4 Å². The Balaban J connectivity index is 2.02. The lowest BCUT2D eigenvalue weighted by Crippen LogP contribution is -2.31. The van der Waals surface area contributed by atoms with Crippen LogP contribution in [-0.4, -0.2) is 37.5 Å². The van der Waals surface area contributed by atoms with Gasteiger partial charge in [-0.25, -0.2) is 4.79 Å². The van der Waals surface area contributed by atoms with Gasteiger partial charge in [-0.3, -0.25) is 14.9 Å². The van der Waals surface area contributed by atoms with Crippen LogP contribution in [0.15, 0.2) is 42.5 Å². The van der Waals surface area contributed by atoms with E-state index in [1.165, 1.54) is 12.1 Å². The first kappa shape index (κ1) is 21.2. The van der Waals surface area contributed by atoms with E-state index in [1.54, 1.807) is 50.2 Å². The van der Waals surface area contributed by atoms with E-state index >= 15 is 0 Å². The minimum absolute atomic E-state index is 0.0118. The number of esters is 1. The number of amides is 1. The van der Waals surface area contributed by atoms with Gasteiger partial charge in [0.05, 0.1) is 22.2 Å². The maximum atomic E-state index is 12.4. The predicted molar refractivity (Wildman–Crippen MR) is 106 cm³/mol. The molecule has 1 atom stereocenters. The van der Waals surface area contributed by atoms with E-state index in [0.717, 1.165) is 11.6 Å². The molecule has 0 heterocycles. The van der Waals surface area contributed by atoms with Gasteiger partial charge in [-0.15, -0.1) is 0 Å². The van der Waals surface area contributed by atoms with Crippen LogP contribution in [0.1, 0.15) is 28.9 Å². The summed E-state index contributed by atoms with van der Waals surface area (Å²) in [7, 11) is 3.39. The SMILES string of the molecule is C[C@@H](NC(=O)COC(=O)c1cc([N+](=O)[O-])ccc1N(C)C)c1ccc(Cl)cc1. The number of ether oxygens (including phenoxy) is 1. The summed E-state index contributed by atoms with van der Waals surface area (Å²) in [4.78, 5) is 36.5. The van der Waals surface area contributed by atoms with Crippen molar-refractivity contribution in [1.29, 1.82) is 0 Å². The van der Waals surface area contributed by atoms with Gasteiger partial charge < -0.3 is 15.0 Å². The molecule has 9 heteroatoms. The molecule has 8 nitrogen and oxygen atoms in total. The molecule has 0 aromatic heterocycles. The minimum Gasteiger partial charge on any atom is -0.452 e. The van der Waals surface area contributed by atoms with E-state index in [0.29, 0.717) is 10.7 Å². The van der Waals surface area contributed by atoms with Crippen molar-refractivity contribution in [2.75, 3.05) is 25.6 Å². The van der Waals surface area contributed by atoms with E-state index in [9.17, 15) is 19.7 Å². The number of halogens is 1. The third-order valence-corrected chi connectivity index (χ3v) is 4.23. The number of hydrogen-bond donors (Lipinski definition) is 1. The molecule has 2 rings (SSSR count). The number of nitro groups is 1. The lowest BCUT2D eigenvalue weighted by Gasteiger charge is -2.17. The average molecular weight is 406 g/mol. The molecular formula is C19H20ClN3O5. The molecule has 1 amide bonds. The summed E-state index contributed by atoms with van der Waals surface area (Å²) in [6.07, 6.45) is 0. The minimum atomic E-state index is -0.818. The molecular weight excluding hydrogens is 386 g/mol. The number of rotatable bonds is 7. The Morgan fingerprint density at radius 1 is 1.21 bits per heavy atom. The van der Waals surface area contributed by atoms with Crippen molar-refractivity contribution in [2.24, 2.45) is 0 Å². The molecule has 0 bridgehead atoms. The van der Waals surface area contributed by atoms with Crippen molar-refractivity contribution in [1.82, 2.24) is 5.32 Å². The van der Waals surface area contributed by atoms with Crippen LogP contribution in [0, 0.1) is 10.1 Å². The lowest BCUT2D eigenvalue weighted by atomic mass is 10.1. The number of anilines is 1. The molecule has 148 valence electrons. The molecule has 2 aromatic rings. The summed E-state index contributed by atoms with van der Waals surface area (Å²) in [6, 6.07) is 10.6. The van der Waals surface area contributed by atoms with Gasteiger partial charge in [-0.2, -0.15) is 0 Å². The Morgan fingerprint density at radius 3 is 2.43 bits per heavy atom. The monoisotopic (exact) mass is 405 g/mol. The number of nitrogens with zero attached hydrogens (tertiary/aromatic N) is 2. The quantitative estimate of drug-likeness (QED) is 0.430. The van der Waals surface area contributed by atoms with Crippen molar-refractivity contribution in [3.05, 3.63) is 68.7 Å². The predicted octanol–water partition coefficient (Wildman–Crippen LogP) is 3.35. The molecule has 0 radical (unpaired) electrons. The van der Waals surface area contributed by atoms with Crippen molar-refractivity contribution in [2.45, 2.75) is 13.0 Å². The fourth-order valence-electron chi connectivity index (χ4n) is 2.52. The van der Waals surface area contributed by atoms with Crippen LogP contribution >= 0.6 is 11.6 Å². The van der Waals surface area contributed by atoms with Gasteiger partial charge in [0.2, 0.25) is 0 Å². The second-order valence-electron chi connectivity index (χ2n) is 6.27. The first-order valence-corrected chi connectivity index (χ1v) is 8.74. The third-order valence-electron chi connectivity index (χ3n) is 3.97.